The van der Waals surface area contributed by atoms with Crippen molar-refractivity contribution in [1.29, 1.82) is 0 Å². The van der Waals surface area contributed by atoms with Crippen molar-refractivity contribution in [1.82, 2.24) is 10.2 Å². The fourth-order valence-corrected chi connectivity index (χ4v) is 3.15. The minimum Gasteiger partial charge on any atom is -0.355 e. The SMILES string of the molecule is O=[N+]([O-])c1ccc2c(N3CCCC3)nnc(N3CCC3)c2c1. The highest BCUT2D eigenvalue weighted by molar-refractivity contribution is 6.00. The first kappa shape index (κ1) is 13.2. The quantitative estimate of drug-likeness (QED) is 0.639. The maximum Gasteiger partial charge on any atom is 0.270 e. The minimum absolute atomic E-state index is 0.106. The number of benzene rings is 1. The Bertz CT molecular complexity index is 738. The zero-order valence-electron chi connectivity index (χ0n) is 12.2. The van der Waals surface area contributed by atoms with Crippen LogP contribution in [0.15, 0.2) is 18.2 Å². The van der Waals surface area contributed by atoms with E-state index in [1.54, 1.807) is 12.1 Å². The van der Waals surface area contributed by atoms with Gasteiger partial charge in [-0.15, -0.1) is 10.2 Å². The van der Waals surface area contributed by atoms with E-state index in [1.807, 2.05) is 6.07 Å². The molecule has 3 heterocycles. The summed E-state index contributed by atoms with van der Waals surface area (Å²) in [5, 5.41) is 21.7. The molecule has 22 heavy (non-hydrogen) atoms. The van der Waals surface area contributed by atoms with Crippen molar-refractivity contribution < 1.29 is 4.92 Å². The van der Waals surface area contributed by atoms with Crippen molar-refractivity contribution in [3.05, 3.63) is 28.3 Å². The van der Waals surface area contributed by atoms with Gasteiger partial charge in [-0.2, -0.15) is 0 Å². The Labute approximate surface area is 127 Å². The second-order valence-corrected chi connectivity index (χ2v) is 5.87. The van der Waals surface area contributed by atoms with Gasteiger partial charge in [0.25, 0.3) is 5.69 Å². The lowest BCUT2D eigenvalue weighted by molar-refractivity contribution is -0.384. The Morgan fingerprint density at radius 2 is 1.50 bits per heavy atom. The average molecular weight is 299 g/mol. The Kier molecular flexibility index (Phi) is 3.06. The normalized spacial score (nSPS) is 17.8. The number of nitrogens with zero attached hydrogens (tertiary/aromatic N) is 5. The van der Waals surface area contributed by atoms with Crippen molar-refractivity contribution in [3.63, 3.8) is 0 Å². The summed E-state index contributed by atoms with van der Waals surface area (Å²) < 4.78 is 0. The summed E-state index contributed by atoms with van der Waals surface area (Å²) >= 11 is 0. The number of aromatic nitrogens is 2. The van der Waals surface area contributed by atoms with Crippen molar-refractivity contribution >= 4 is 28.1 Å². The lowest BCUT2D eigenvalue weighted by Gasteiger charge is -2.32. The number of hydrogen-bond acceptors (Lipinski definition) is 6. The van der Waals surface area contributed by atoms with E-state index in [-0.39, 0.29) is 10.6 Å². The molecule has 2 aliphatic heterocycles. The van der Waals surface area contributed by atoms with Crippen LogP contribution in [0.3, 0.4) is 0 Å². The largest absolute Gasteiger partial charge is 0.355 e. The molecule has 0 radical (unpaired) electrons. The Morgan fingerprint density at radius 3 is 2.05 bits per heavy atom. The van der Waals surface area contributed by atoms with E-state index in [0.717, 1.165) is 67.8 Å². The van der Waals surface area contributed by atoms with Crippen molar-refractivity contribution in [2.45, 2.75) is 19.3 Å². The monoisotopic (exact) mass is 299 g/mol. The molecule has 4 rings (SSSR count). The van der Waals surface area contributed by atoms with Gasteiger partial charge in [0.1, 0.15) is 0 Å². The number of hydrogen-bond donors (Lipinski definition) is 0. The molecule has 7 nitrogen and oxygen atoms in total. The molecular weight excluding hydrogens is 282 g/mol. The molecule has 2 fully saturated rings. The number of nitro groups is 1. The first-order valence-electron chi connectivity index (χ1n) is 7.69. The van der Waals surface area contributed by atoms with E-state index in [1.165, 1.54) is 0 Å². The number of rotatable bonds is 3. The summed E-state index contributed by atoms with van der Waals surface area (Å²) in [6, 6.07) is 5.01. The van der Waals surface area contributed by atoms with Crippen LogP contribution >= 0.6 is 0 Å². The molecular formula is C15H17N5O2. The molecule has 0 unspecified atom stereocenters. The second kappa shape index (κ2) is 5.08. The van der Waals surface area contributed by atoms with Gasteiger partial charge in [-0.05, 0) is 25.3 Å². The van der Waals surface area contributed by atoms with Crippen LogP contribution < -0.4 is 9.80 Å². The van der Waals surface area contributed by atoms with Crippen LogP contribution in [0.25, 0.3) is 10.8 Å². The second-order valence-electron chi connectivity index (χ2n) is 5.87. The standard InChI is InChI=1S/C15H17N5O2/c21-20(22)11-4-5-12-13(10-11)15(19-8-3-9-19)17-16-14(12)18-6-1-2-7-18/h4-5,10H,1-3,6-9H2. The van der Waals surface area contributed by atoms with Crippen LogP contribution in [0.1, 0.15) is 19.3 Å². The number of anilines is 2. The summed E-state index contributed by atoms with van der Waals surface area (Å²) in [5.41, 5.74) is 0.106. The zero-order chi connectivity index (χ0) is 15.1. The summed E-state index contributed by atoms with van der Waals surface area (Å²) in [6.45, 7) is 3.83. The maximum absolute atomic E-state index is 11.1. The van der Waals surface area contributed by atoms with E-state index in [0.29, 0.717) is 0 Å². The van der Waals surface area contributed by atoms with Gasteiger partial charge in [0.2, 0.25) is 0 Å². The van der Waals surface area contributed by atoms with Gasteiger partial charge in [0, 0.05) is 49.1 Å². The smallest absolute Gasteiger partial charge is 0.270 e. The van der Waals surface area contributed by atoms with Gasteiger partial charge < -0.3 is 9.80 Å². The van der Waals surface area contributed by atoms with Crippen LogP contribution in [0, 0.1) is 10.1 Å². The summed E-state index contributed by atoms with van der Waals surface area (Å²) in [4.78, 5) is 15.1. The zero-order valence-corrected chi connectivity index (χ0v) is 12.2. The highest BCUT2D eigenvalue weighted by Gasteiger charge is 2.24. The fourth-order valence-electron chi connectivity index (χ4n) is 3.15. The van der Waals surface area contributed by atoms with E-state index in [4.69, 9.17) is 0 Å². The summed E-state index contributed by atoms with van der Waals surface area (Å²) in [5.74, 6) is 1.62. The van der Waals surface area contributed by atoms with E-state index in [9.17, 15) is 10.1 Å². The molecule has 0 spiro atoms. The number of fused-ring (bicyclic) bond motifs is 1. The molecule has 2 saturated heterocycles. The molecule has 2 aromatic rings. The molecule has 1 aromatic carbocycles. The van der Waals surface area contributed by atoms with E-state index >= 15 is 0 Å². The number of nitro benzene ring substituents is 1. The van der Waals surface area contributed by atoms with Crippen LogP contribution in [0.4, 0.5) is 17.3 Å². The number of non-ortho nitro benzene ring substituents is 1. The first-order valence-corrected chi connectivity index (χ1v) is 7.69. The van der Waals surface area contributed by atoms with Crippen molar-refractivity contribution in [3.8, 4) is 0 Å². The van der Waals surface area contributed by atoms with Crippen LogP contribution in [0.2, 0.25) is 0 Å². The van der Waals surface area contributed by atoms with Gasteiger partial charge in [0.15, 0.2) is 11.6 Å². The predicted octanol–water partition coefficient (Wildman–Crippen LogP) is 2.35. The molecule has 2 aliphatic rings. The average Bonchev–Trinajstić information content (AvgIpc) is 2.99. The van der Waals surface area contributed by atoms with Gasteiger partial charge >= 0.3 is 0 Å². The third kappa shape index (κ3) is 2.04. The van der Waals surface area contributed by atoms with Gasteiger partial charge in [-0.25, -0.2) is 0 Å². The molecule has 0 bridgehead atoms. The summed E-state index contributed by atoms with van der Waals surface area (Å²) in [6.07, 6.45) is 3.44. The van der Waals surface area contributed by atoms with Crippen molar-refractivity contribution in [2.24, 2.45) is 0 Å². The molecule has 7 heteroatoms. The highest BCUT2D eigenvalue weighted by Crippen LogP contribution is 2.35. The predicted molar refractivity (Wildman–Crippen MR) is 84.5 cm³/mol. The highest BCUT2D eigenvalue weighted by atomic mass is 16.6. The van der Waals surface area contributed by atoms with Crippen LogP contribution in [0.5, 0.6) is 0 Å². The molecule has 0 aliphatic carbocycles. The Morgan fingerprint density at radius 1 is 0.909 bits per heavy atom. The summed E-state index contributed by atoms with van der Waals surface area (Å²) in [7, 11) is 0. The third-order valence-corrected chi connectivity index (χ3v) is 4.50. The molecule has 0 amide bonds. The first-order chi connectivity index (χ1) is 10.7. The molecule has 114 valence electrons. The Balaban J connectivity index is 1.90. The maximum atomic E-state index is 11.1. The third-order valence-electron chi connectivity index (χ3n) is 4.50. The lowest BCUT2D eigenvalue weighted by Crippen LogP contribution is -2.38. The van der Waals surface area contributed by atoms with Crippen LogP contribution in [-0.2, 0) is 0 Å². The van der Waals surface area contributed by atoms with Crippen LogP contribution in [-0.4, -0.2) is 41.3 Å². The fraction of sp³-hybridized carbons (Fsp3) is 0.467. The molecule has 0 saturated carbocycles. The molecule has 1 aromatic heterocycles. The topological polar surface area (TPSA) is 75.4 Å². The molecule has 0 N–H and O–H groups in total. The van der Waals surface area contributed by atoms with Gasteiger partial charge in [-0.1, -0.05) is 0 Å². The van der Waals surface area contributed by atoms with Crippen molar-refractivity contribution in [2.75, 3.05) is 36.0 Å². The van der Waals surface area contributed by atoms with Gasteiger partial charge in [-0.3, -0.25) is 10.1 Å². The Hall–Kier alpha value is -2.44. The lowest BCUT2D eigenvalue weighted by atomic mass is 10.1. The van der Waals surface area contributed by atoms with E-state index < -0.39 is 0 Å². The van der Waals surface area contributed by atoms with E-state index in [2.05, 4.69) is 20.0 Å². The molecule has 0 atom stereocenters. The minimum atomic E-state index is -0.352. The van der Waals surface area contributed by atoms with Gasteiger partial charge in [0.05, 0.1) is 4.92 Å².